The molecule has 0 aromatic heterocycles. The molecule has 0 unspecified atom stereocenters. The number of halogens is 1. The summed E-state index contributed by atoms with van der Waals surface area (Å²) in [5.74, 6) is 0. The minimum atomic E-state index is -0.393. The van der Waals surface area contributed by atoms with Crippen LogP contribution < -0.4 is 5.32 Å². The van der Waals surface area contributed by atoms with Crippen LogP contribution in [0.1, 0.15) is 11.1 Å². The van der Waals surface area contributed by atoms with Gasteiger partial charge in [0.1, 0.15) is 0 Å². The Kier molecular flexibility index (Phi) is 4.91. The summed E-state index contributed by atoms with van der Waals surface area (Å²) < 4.78 is 0.599. The zero-order chi connectivity index (χ0) is 14.5. The molecule has 0 heterocycles. The van der Waals surface area contributed by atoms with Crippen LogP contribution in [-0.4, -0.2) is 10.0 Å². The lowest BCUT2D eigenvalue weighted by Gasteiger charge is -2.08. The van der Waals surface area contributed by atoms with Crippen molar-refractivity contribution in [2.45, 2.75) is 13.2 Å². The molecule has 0 saturated carbocycles. The van der Waals surface area contributed by atoms with Gasteiger partial charge in [-0.05, 0) is 45.9 Å². The smallest absolute Gasteiger partial charge is 0.282 e. The number of nitrogens with one attached hydrogen (secondary N) is 1. The molecule has 2 aromatic carbocycles. The maximum absolute atomic E-state index is 10.7. The van der Waals surface area contributed by atoms with E-state index in [1.54, 1.807) is 12.1 Å². The molecule has 104 valence electrons. The number of nitro benzene ring substituents is 1. The van der Waals surface area contributed by atoms with Gasteiger partial charge in [-0.15, -0.1) is 0 Å². The lowest BCUT2D eigenvalue weighted by molar-refractivity contribution is -0.385. The Morgan fingerprint density at radius 3 is 2.60 bits per heavy atom. The average Bonchev–Trinajstić information content (AvgIpc) is 2.45. The SMILES string of the molecule is O=[N+]([O-])c1ccc(NCc2cccc(CO)c2)cc1I. The van der Waals surface area contributed by atoms with Crippen molar-refractivity contribution in [2.75, 3.05) is 5.32 Å². The Hall–Kier alpha value is -1.67. The number of hydrogen-bond acceptors (Lipinski definition) is 4. The van der Waals surface area contributed by atoms with E-state index in [0.29, 0.717) is 10.1 Å². The minimum Gasteiger partial charge on any atom is -0.392 e. The van der Waals surface area contributed by atoms with E-state index in [1.165, 1.54) is 6.07 Å². The maximum Gasteiger partial charge on any atom is 0.282 e. The monoisotopic (exact) mass is 384 g/mol. The highest BCUT2D eigenvalue weighted by molar-refractivity contribution is 14.1. The highest BCUT2D eigenvalue weighted by atomic mass is 127. The highest BCUT2D eigenvalue weighted by Gasteiger charge is 2.11. The van der Waals surface area contributed by atoms with Crippen molar-refractivity contribution < 1.29 is 10.0 Å². The largest absolute Gasteiger partial charge is 0.392 e. The van der Waals surface area contributed by atoms with Crippen LogP contribution in [0.15, 0.2) is 42.5 Å². The van der Waals surface area contributed by atoms with Gasteiger partial charge in [-0.3, -0.25) is 10.1 Å². The molecule has 6 heteroatoms. The predicted octanol–water partition coefficient (Wildman–Crippen LogP) is 3.30. The summed E-state index contributed by atoms with van der Waals surface area (Å²) >= 11 is 1.95. The fraction of sp³-hybridized carbons (Fsp3) is 0.143. The number of aliphatic hydroxyl groups excluding tert-OH is 1. The normalized spacial score (nSPS) is 10.3. The molecular weight excluding hydrogens is 371 g/mol. The van der Waals surface area contributed by atoms with Gasteiger partial charge in [0.2, 0.25) is 0 Å². The topological polar surface area (TPSA) is 75.4 Å². The van der Waals surface area contributed by atoms with Crippen molar-refractivity contribution in [3.63, 3.8) is 0 Å². The first kappa shape index (κ1) is 14.7. The number of hydrogen-bond donors (Lipinski definition) is 2. The molecule has 5 nitrogen and oxygen atoms in total. The zero-order valence-corrected chi connectivity index (χ0v) is 12.7. The van der Waals surface area contributed by atoms with Gasteiger partial charge >= 0.3 is 0 Å². The van der Waals surface area contributed by atoms with Gasteiger partial charge in [-0.1, -0.05) is 24.3 Å². The van der Waals surface area contributed by atoms with Crippen molar-refractivity contribution in [3.05, 3.63) is 67.3 Å². The summed E-state index contributed by atoms with van der Waals surface area (Å²) in [5.41, 5.74) is 2.85. The van der Waals surface area contributed by atoms with Crippen molar-refractivity contribution in [1.82, 2.24) is 0 Å². The third-order valence-corrected chi connectivity index (χ3v) is 3.68. The lowest BCUT2D eigenvalue weighted by Crippen LogP contribution is -2.01. The van der Waals surface area contributed by atoms with Crippen LogP contribution in [0.5, 0.6) is 0 Å². The maximum atomic E-state index is 10.7. The first-order chi connectivity index (χ1) is 9.60. The Morgan fingerprint density at radius 1 is 1.20 bits per heavy atom. The summed E-state index contributed by atoms with van der Waals surface area (Å²) in [7, 11) is 0. The van der Waals surface area contributed by atoms with E-state index in [0.717, 1.165) is 16.8 Å². The molecule has 0 spiro atoms. The predicted molar refractivity (Wildman–Crippen MR) is 85.5 cm³/mol. The Morgan fingerprint density at radius 2 is 1.95 bits per heavy atom. The molecule has 0 bridgehead atoms. The van der Waals surface area contributed by atoms with Crippen LogP contribution in [0.25, 0.3) is 0 Å². The lowest BCUT2D eigenvalue weighted by atomic mass is 10.1. The van der Waals surface area contributed by atoms with Gasteiger partial charge in [-0.2, -0.15) is 0 Å². The van der Waals surface area contributed by atoms with Crippen LogP contribution in [0.3, 0.4) is 0 Å². The van der Waals surface area contributed by atoms with Crippen molar-refractivity contribution in [2.24, 2.45) is 0 Å². The average molecular weight is 384 g/mol. The fourth-order valence-electron chi connectivity index (χ4n) is 1.81. The van der Waals surface area contributed by atoms with Gasteiger partial charge in [0.25, 0.3) is 5.69 Å². The second-order valence-electron chi connectivity index (χ2n) is 4.25. The molecule has 2 rings (SSSR count). The molecule has 0 aliphatic carbocycles. The molecule has 0 radical (unpaired) electrons. The molecule has 0 aliphatic rings. The number of benzene rings is 2. The highest BCUT2D eigenvalue weighted by Crippen LogP contribution is 2.24. The van der Waals surface area contributed by atoms with Gasteiger partial charge < -0.3 is 10.4 Å². The van der Waals surface area contributed by atoms with Crippen LogP contribution in [0.4, 0.5) is 11.4 Å². The van der Waals surface area contributed by atoms with Gasteiger partial charge in [0.05, 0.1) is 15.1 Å². The van der Waals surface area contributed by atoms with E-state index in [9.17, 15) is 10.1 Å². The van der Waals surface area contributed by atoms with E-state index < -0.39 is 4.92 Å². The van der Waals surface area contributed by atoms with E-state index in [1.807, 2.05) is 46.9 Å². The summed E-state index contributed by atoms with van der Waals surface area (Å²) in [5, 5.41) is 23.0. The quantitative estimate of drug-likeness (QED) is 0.471. The van der Waals surface area contributed by atoms with Gasteiger partial charge in [0, 0.05) is 18.3 Å². The molecular formula is C14H13IN2O3. The van der Waals surface area contributed by atoms with Crippen LogP contribution in [0, 0.1) is 13.7 Å². The molecule has 0 amide bonds. The third-order valence-electron chi connectivity index (χ3n) is 2.81. The Bertz CT molecular complexity index is 632. The molecule has 20 heavy (non-hydrogen) atoms. The van der Waals surface area contributed by atoms with E-state index in [-0.39, 0.29) is 12.3 Å². The van der Waals surface area contributed by atoms with Crippen LogP contribution in [-0.2, 0) is 13.2 Å². The Labute approximate surface area is 129 Å². The number of nitrogens with zero attached hydrogens (tertiary/aromatic N) is 1. The van der Waals surface area contributed by atoms with E-state index in [4.69, 9.17) is 5.11 Å². The molecule has 0 saturated heterocycles. The Balaban J connectivity index is 2.07. The third kappa shape index (κ3) is 3.67. The van der Waals surface area contributed by atoms with Crippen molar-refractivity contribution in [3.8, 4) is 0 Å². The number of aliphatic hydroxyl groups is 1. The van der Waals surface area contributed by atoms with Crippen molar-refractivity contribution in [1.29, 1.82) is 0 Å². The zero-order valence-electron chi connectivity index (χ0n) is 10.5. The number of anilines is 1. The minimum absolute atomic E-state index is 0.0171. The van der Waals surface area contributed by atoms with E-state index in [2.05, 4.69) is 5.32 Å². The molecule has 0 fully saturated rings. The van der Waals surface area contributed by atoms with Crippen LogP contribution in [0.2, 0.25) is 0 Å². The van der Waals surface area contributed by atoms with Gasteiger partial charge in [-0.25, -0.2) is 0 Å². The summed E-state index contributed by atoms with van der Waals surface area (Å²) in [6.07, 6.45) is 0. The number of nitro groups is 1. The van der Waals surface area contributed by atoms with Gasteiger partial charge in [0.15, 0.2) is 0 Å². The summed E-state index contributed by atoms with van der Waals surface area (Å²) in [6.45, 7) is 0.616. The molecule has 2 aromatic rings. The summed E-state index contributed by atoms with van der Waals surface area (Å²) in [4.78, 5) is 10.3. The second kappa shape index (κ2) is 6.67. The first-order valence-corrected chi connectivity index (χ1v) is 7.04. The van der Waals surface area contributed by atoms with Crippen molar-refractivity contribution >= 4 is 34.0 Å². The second-order valence-corrected chi connectivity index (χ2v) is 5.42. The first-order valence-electron chi connectivity index (χ1n) is 5.96. The standard InChI is InChI=1S/C14H13IN2O3/c15-13-7-12(4-5-14(13)17(19)20)16-8-10-2-1-3-11(6-10)9-18/h1-7,16,18H,8-9H2. The molecule has 0 aliphatic heterocycles. The van der Waals surface area contributed by atoms with Crippen LogP contribution >= 0.6 is 22.6 Å². The van der Waals surface area contributed by atoms with E-state index >= 15 is 0 Å². The summed E-state index contributed by atoms with van der Waals surface area (Å²) in [6, 6.07) is 12.6. The fourth-order valence-corrected chi connectivity index (χ4v) is 2.52. The number of rotatable bonds is 5. The molecule has 0 atom stereocenters. The molecule has 2 N–H and O–H groups in total.